The lowest BCUT2D eigenvalue weighted by molar-refractivity contribution is -0.385. The lowest BCUT2D eigenvalue weighted by atomic mass is 9.98. The van der Waals surface area contributed by atoms with Crippen LogP contribution in [0.5, 0.6) is 11.5 Å². The number of hydrogen-bond donors (Lipinski definition) is 2. The van der Waals surface area contributed by atoms with Crippen molar-refractivity contribution in [1.29, 1.82) is 0 Å². The highest BCUT2D eigenvalue weighted by Crippen LogP contribution is 2.34. The average Bonchev–Trinajstić information content (AvgIpc) is 2.48. The van der Waals surface area contributed by atoms with Crippen LogP contribution in [0.3, 0.4) is 0 Å². The van der Waals surface area contributed by atoms with Gasteiger partial charge in [0.05, 0.1) is 17.0 Å². The fraction of sp³-hybridized carbons (Fsp3) is 0.143. The zero-order valence-electron chi connectivity index (χ0n) is 11.7. The van der Waals surface area contributed by atoms with Crippen molar-refractivity contribution in [3.63, 3.8) is 0 Å². The fourth-order valence-corrected chi connectivity index (χ4v) is 2.00. The van der Waals surface area contributed by atoms with E-state index in [1.54, 1.807) is 0 Å². The number of phenols is 1. The summed E-state index contributed by atoms with van der Waals surface area (Å²) in [5.41, 5.74) is 5.12. The number of nitrogens with zero attached hydrogens (tertiary/aromatic N) is 1. The summed E-state index contributed by atoms with van der Waals surface area (Å²) in [6.45, 7) is 0. The molecule has 1 atom stereocenters. The topological polar surface area (TPSA) is 98.6 Å². The standard InChI is InChI=1S/C14H10F4N2O4/c15-11-6-8(20(22)23)5-10(13(11)21)12(19)7-1-3-9(4-2-7)24-14(16,17)18/h1-6,12,21H,19H2/t12-/m1/s1. The smallest absolute Gasteiger partial charge is 0.505 e. The zero-order chi connectivity index (χ0) is 18.1. The maximum atomic E-state index is 13.6. The van der Waals surface area contributed by atoms with Gasteiger partial charge in [-0.15, -0.1) is 13.2 Å². The van der Waals surface area contributed by atoms with Crippen LogP contribution in [0.25, 0.3) is 0 Å². The molecule has 0 saturated heterocycles. The molecule has 0 heterocycles. The summed E-state index contributed by atoms with van der Waals surface area (Å²) >= 11 is 0. The van der Waals surface area contributed by atoms with Crippen molar-refractivity contribution in [2.75, 3.05) is 0 Å². The molecule has 0 aromatic heterocycles. The number of phenolic OH excluding ortho intramolecular Hbond substituents is 1. The Balaban J connectivity index is 2.35. The van der Waals surface area contributed by atoms with Gasteiger partial charge in [-0.25, -0.2) is 4.39 Å². The summed E-state index contributed by atoms with van der Waals surface area (Å²) in [5, 5.41) is 20.4. The van der Waals surface area contributed by atoms with E-state index in [0.29, 0.717) is 6.07 Å². The monoisotopic (exact) mass is 346 g/mol. The van der Waals surface area contributed by atoms with Crippen LogP contribution in [0.1, 0.15) is 17.2 Å². The van der Waals surface area contributed by atoms with E-state index in [2.05, 4.69) is 4.74 Å². The molecule has 2 aromatic rings. The Morgan fingerprint density at radius 2 is 1.79 bits per heavy atom. The molecule has 0 spiro atoms. The van der Waals surface area contributed by atoms with E-state index >= 15 is 0 Å². The number of benzene rings is 2. The molecule has 3 N–H and O–H groups in total. The summed E-state index contributed by atoms with van der Waals surface area (Å²) in [5.74, 6) is -2.59. The van der Waals surface area contributed by atoms with Gasteiger partial charge in [0.1, 0.15) is 5.75 Å². The first-order valence-electron chi connectivity index (χ1n) is 6.36. The first-order valence-corrected chi connectivity index (χ1v) is 6.36. The van der Waals surface area contributed by atoms with Gasteiger partial charge in [0, 0.05) is 11.6 Å². The van der Waals surface area contributed by atoms with Gasteiger partial charge in [0.25, 0.3) is 5.69 Å². The molecule has 24 heavy (non-hydrogen) atoms. The molecule has 2 aromatic carbocycles. The third-order valence-corrected chi connectivity index (χ3v) is 3.10. The Morgan fingerprint density at radius 1 is 1.21 bits per heavy atom. The van der Waals surface area contributed by atoms with Crippen LogP contribution in [-0.4, -0.2) is 16.4 Å². The third-order valence-electron chi connectivity index (χ3n) is 3.10. The van der Waals surface area contributed by atoms with Crippen molar-refractivity contribution in [1.82, 2.24) is 0 Å². The van der Waals surface area contributed by atoms with Crippen molar-refractivity contribution in [2.45, 2.75) is 12.4 Å². The van der Waals surface area contributed by atoms with Gasteiger partial charge >= 0.3 is 6.36 Å². The van der Waals surface area contributed by atoms with E-state index in [1.807, 2.05) is 0 Å². The SMILES string of the molecule is N[C@H](c1ccc(OC(F)(F)F)cc1)c1cc([N+](=O)[O-])cc(F)c1O. The number of hydrogen-bond acceptors (Lipinski definition) is 5. The van der Waals surface area contributed by atoms with Gasteiger partial charge in [0.15, 0.2) is 11.6 Å². The van der Waals surface area contributed by atoms with E-state index < -0.39 is 40.3 Å². The molecular formula is C14H10F4N2O4. The first kappa shape index (κ1) is 17.5. The second-order valence-electron chi connectivity index (χ2n) is 4.72. The van der Waals surface area contributed by atoms with E-state index in [-0.39, 0.29) is 11.1 Å². The summed E-state index contributed by atoms with van der Waals surface area (Å²) in [6, 6.07) is 4.53. The molecule has 0 aliphatic heterocycles. The lowest BCUT2D eigenvalue weighted by Crippen LogP contribution is -2.17. The third kappa shape index (κ3) is 3.90. The average molecular weight is 346 g/mol. The Hall–Kier alpha value is -2.88. The quantitative estimate of drug-likeness (QED) is 0.502. The van der Waals surface area contributed by atoms with Crippen LogP contribution in [0.2, 0.25) is 0 Å². The molecule has 0 saturated carbocycles. The molecule has 6 nitrogen and oxygen atoms in total. The Morgan fingerprint density at radius 3 is 2.29 bits per heavy atom. The highest BCUT2D eigenvalue weighted by Gasteiger charge is 2.31. The number of rotatable bonds is 4. The summed E-state index contributed by atoms with van der Waals surface area (Å²) in [4.78, 5) is 9.88. The molecule has 0 aliphatic carbocycles. The maximum absolute atomic E-state index is 13.6. The number of non-ortho nitro benzene ring substituents is 1. The van der Waals surface area contributed by atoms with E-state index in [1.165, 1.54) is 12.1 Å². The van der Waals surface area contributed by atoms with E-state index in [0.717, 1.165) is 18.2 Å². The summed E-state index contributed by atoms with van der Waals surface area (Å²) in [7, 11) is 0. The van der Waals surface area contributed by atoms with Gasteiger partial charge < -0.3 is 15.6 Å². The number of nitro benzene ring substituents is 1. The van der Waals surface area contributed by atoms with Crippen LogP contribution in [0, 0.1) is 15.9 Å². The summed E-state index contributed by atoms with van der Waals surface area (Å²) < 4.78 is 53.6. The van der Waals surface area contributed by atoms with Crippen LogP contribution >= 0.6 is 0 Å². The van der Waals surface area contributed by atoms with Crippen LogP contribution < -0.4 is 10.5 Å². The van der Waals surface area contributed by atoms with Crippen LogP contribution in [0.15, 0.2) is 36.4 Å². The second kappa shape index (κ2) is 6.32. The normalized spacial score (nSPS) is 12.7. The molecule has 128 valence electrons. The Kier molecular flexibility index (Phi) is 4.60. The van der Waals surface area contributed by atoms with Gasteiger partial charge in [-0.05, 0) is 17.7 Å². The number of alkyl halides is 3. The minimum atomic E-state index is -4.86. The molecular weight excluding hydrogens is 336 g/mol. The minimum absolute atomic E-state index is 0.194. The second-order valence-corrected chi connectivity index (χ2v) is 4.72. The molecule has 0 fully saturated rings. The van der Waals surface area contributed by atoms with Crippen molar-refractivity contribution in [3.05, 3.63) is 63.5 Å². The number of nitro groups is 1. The van der Waals surface area contributed by atoms with Crippen LogP contribution in [-0.2, 0) is 0 Å². The predicted molar refractivity (Wildman–Crippen MR) is 73.9 cm³/mol. The van der Waals surface area contributed by atoms with Gasteiger partial charge in [0.2, 0.25) is 0 Å². The number of aromatic hydroxyl groups is 1. The maximum Gasteiger partial charge on any atom is 0.573 e. The molecule has 10 heteroatoms. The Labute approximate surface area is 132 Å². The minimum Gasteiger partial charge on any atom is -0.505 e. The van der Waals surface area contributed by atoms with Gasteiger partial charge in [-0.1, -0.05) is 12.1 Å². The van der Waals surface area contributed by atoms with E-state index in [9.17, 15) is 32.8 Å². The van der Waals surface area contributed by atoms with Gasteiger partial charge in [-0.3, -0.25) is 10.1 Å². The molecule has 2 rings (SSSR count). The predicted octanol–water partition coefficient (Wildman–Crippen LogP) is 3.39. The molecule has 0 bridgehead atoms. The highest BCUT2D eigenvalue weighted by atomic mass is 19.4. The zero-order valence-corrected chi connectivity index (χ0v) is 11.7. The largest absolute Gasteiger partial charge is 0.573 e. The van der Waals surface area contributed by atoms with Crippen molar-refractivity contribution >= 4 is 5.69 Å². The number of nitrogens with two attached hydrogens (primary N) is 1. The number of ether oxygens (including phenoxy) is 1. The number of halogens is 4. The van der Waals surface area contributed by atoms with Crippen molar-refractivity contribution in [3.8, 4) is 11.5 Å². The molecule has 0 aliphatic rings. The molecule has 0 radical (unpaired) electrons. The van der Waals surface area contributed by atoms with E-state index in [4.69, 9.17) is 5.73 Å². The fourth-order valence-electron chi connectivity index (χ4n) is 2.00. The van der Waals surface area contributed by atoms with Crippen molar-refractivity contribution in [2.24, 2.45) is 5.73 Å². The van der Waals surface area contributed by atoms with Crippen molar-refractivity contribution < 1.29 is 32.3 Å². The summed E-state index contributed by atoms with van der Waals surface area (Å²) in [6.07, 6.45) is -4.86. The first-order chi connectivity index (χ1) is 11.1. The Bertz CT molecular complexity index is 763. The van der Waals surface area contributed by atoms with Crippen LogP contribution in [0.4, 0.5) is 23.2 Å². The molecule has 0 amide bonds. The molecule has 0 unspecified atom stereocenters. The lowest BCUT2D eigenvalue weighted by Gasteiger charge is -2.15. The highest BCUT2D eigenvalue weighted by molar-refractivity contribution is 5.49. The van der Waals surface area contributed by atoms with Gasteiger partial charge in [-0.2, -0.15) is 0 Å².